The Bertz CT molecular complexity index is 860. The van der Waals surface area contributed by atoms with E-state index < -0.39 is 27.2 Å². The lowest BCUT2D eigenvalue weighted by Crippen LogP contribution is -2.41. The molecule has 9 heteroatoms. The summed E-state index contributed by atoms with van der Waals surface area (Å²) in [6, 6.07) is 14.8. The second kappa shape index (κ2) is 7.98. The number of nitrogens with zero attached hydrogens (tertiary/aromatic N) is 1. The van der Waals surface area contributed by atoms with E-state index in [0.717, 1.165) is 4.90 Å². The fourth-order valence-corrected chi connectivity index (χ4v) is 3.98. The number of hydrogen-bond acceptors (Lipinski definition) is 7. The van der Waals surface area contributed by atoms with Gasteiger partial charge in [-0.25, -0.2) is 4.79 Å². The van der Waals surface area contributed by atoms with Gasteiger partial charge in [-0.3, -0.25) is 14.9 Å². The lowest BCUT2D eigenvalue weighted by atomic mass is 10.2. The summed E-state index contributed by atoms with van der Waals surface area (Å²) < 4.78 is 10.3. The van der Waals surface area contributed by atoms with Crippen molar-refractivity contribution < 1.29 is 24.0 Å². The molecule has 7 nitrogen and oxygen atoms in total. The Morgan fingerprint density at radius 3 is 2.56 bits per heavy atom. The maximum atomic E-state index is 12.5. The van der Waals surface area contributed by atoms with Crippen LogP contribution in [0.25, 0.3) is 0 Å². The van der Waals surface area contributed by atoms with Crippen LogP contribution >= 0.6 is 23.4 Å². The highest BCUT2D eigenvalue weighted by Crippen LogP contribution is 2.43. The number of rotatable bonds is 6. The minimum absolute atomic E-state index is 0.0182. The molecular weight excluding hydrogens is 394 g/mol. The van der Waals surface area contributed by atoms with E-state index in [1.807, 2.05) is 30.3 Å². The number of esters is 2. The zero-order valence-electron chi connectivity index (χ0n) is 13.9. The van der Waals surface area contributed by atoms with Crippen LogP contribution < -0.4 is 0 Å². The molecule has 0 radical (unpaired) electrons. The number of alkyl halides is 1. The van der Waals surface area contributed by atoms with Gasteiger partial charge in [0.05, 0.1) is 16.6 Å². The van der Waals surface area contributed by atoms with E-state index in [1.165, 1.54) is 36.0 Å². The summed E-state index contributed by atoms with van der Waals surface area (Å²) in [5.74, 6) is -1.45. The molecule has 27 heavy (non-hydrogen) atoms. The molecule has 1 fully saturated rings. The van der Waals surface area contributed by atoms with Crippen molar-refractivity contribution in [1.82, 2.24) is 0 Å². The number of ether oxygens (including phenoxy) is 2. The van der Waals surface area contributed by atoms with Gasteiger partial charge in [0.25, 0.3) is 10.7 Å². The standard InChI is InChI=1S/C18H14ClNO6S/c19-18(15(10-16(21)26-18)27-14-4-2-1-3-5-14)17(22)25-11-12-6-8-13(9-7-12)20(23)24/h1-9,15H,10-11H2. The predicted octanol–water partition coefficient (Wildman–Crippen LogP) is 3.68. The van der Waals surface area contributed by atoms with Gasteiger partial charge in [0, 0.05) is 17.0 Å². The first-order valence-electron chi connectivity index (χ1n) is 7.91. The van der Waals surface area contributed by atoms with Crippen LogP contribution in [0.3, 0.4) is 0 Å². The van der Waals surface area contributed by atoms with Crippen LogP contribution in [0.1, 0.15) is 12.0 Å². The van der Waals surface area contributed by atoms with Gasteiger partial charge in [0.2, 0.25) is 0 Å². The van der Waals surface area contributed by atoms with Crippen molar-refractivity contribution in [3.8, 4) is 0 Å². The van der Waals surface area contributed by atoms with Gasteiger partial charge >= 0.3 is 11.9 Å². The second-order valence-electron chi connectivity index (χ2n) is 5.74. The highest BCUT2D eigenvalue weighted by Gasteiger charge is 2.56. The number of benzene rings is 2. The first-order chi connectivity index (χ1) is 12.9. The quantitative estimate of drug-likeness (QED) is 0.312. The fourth-order valence-electron chi connectivity index (χ4n) is 2.47. The number of hydrogen-bond donors (Lipinski definition) is 0. The molecule has 0 aliphatic carbocycles. The number of non-ortho nitro benzene ring substituents is 1. The SMILES string of the molecule is O=C1CC(Sc2ccccc2)C(Cl)(C(=O)OCc2ccc([N+](=O)[O-])cc2)O1. The van der Waals surface area contributed by atoms with Gasteiger partial charge in [-0.1, -0.05) is 29.8 Å². The summed E-state index contributed by atoms with van der Waals surface area (Å²) in [6.45, 7) is -0.147. The summed E-state index contributed by atoms with van der Waals surface area (Å²) in [7, 11) is 0. The van der Waals surface area contributed by atoms with Gasteiger partial charge in [0.15, 0.2) is 0 Å². The molecule has 1 aliphatic heterocycles. The fraction of sp³-hybridized carbons (Fsp3) is 0.222. The molecule has 0 saturated carbocycles. The Morgan fingerprint density at radius 2 is 1.93 bits per heavy atom. The molecule has 0 N–H and O–H groups in total. The topological polar surface area (TPSA) is 95.7 Å². The molecule has 2 aromatic carbocycles. The van der Waals surface area contributed by atoms with Gasteiger partial charge in [0.1, 0.15) is 6.61 Å². The molecule has 0 bridgehead atoms. The van der Waals surface area contributed by atoms with Crippen molar-refractivity contribution in [3.05, 3.63) is 70.3 Å². The minimum atomic E-state index is -1.92. The van der Waals surface area contributed by atoms with E-state index in [1.54, 1.807) is 0 Å². The average Bonchev–Trinajstić information content (AvgIpc) is 2.95. The van der Waals surface area contributed by atoms with Crippen LogP contribution in [0.15, 0.2) is 59.5 Å². The smallest absolute Gasteiger partial charge is 0.368 e. The van der Waals surface area contributed by atoms with Gasteiger partial charge in [-0.05, 0) is 29.8 Å². The summed E-state index contributed by atoms with van der Waals surface area (Å²) in [5.41, 5.74) is 0.480. The maximum Gasteiger partial charge on any atom is 0.368 e. The van der Waals surface area contributed by atoms with E-state index in [2.05, 4.69) is 0 Å². The number of thioether (sulfide) groups is 1. The second-order valence-corrected chi connectivity index (χ2v) is 7.58. The zero-order valence-corrected chi connectivity index (χ0v) is 15.4. The average molecular weight is 408 g/mol. The molecule has 0 amide bonds. The monoisotopic (exact) mass is 407 g/mol. The van der Waals surface area contributed by atoms with E-state index in [4.69, 9.17) is 21.1 Å². The van der Waals surface area contributed by atoms with Crippen LogP contribution in [-0.4, -0.2) is 27.2 Å². The molecule has 0 spiro atoms. The van der Waals surface area contributed by atoms with Crippen molar-refractivity contribution in [2.45, 2.75) is 28.2 Å². The summed E-state index contributed by atoms with van der Waals surface area (Å²) in [6.07, 6.45) is -0.0182. The van der Waals surface area contributed by atoms with Crippen molar-refractivity contribution in [2.75, 3.05) is 0 Å². The van der Waals surface area contributed by atoms with Crippen LogP contribution in [0.5, 0.6) is 0 Å². The largest absolute Gasteiger partial charge is 0.457 e. The molecule has 0 aromatic heterocycles. The zero-order chi connectivity index (χ0) is 19.4. The summed E-state index contributed by atoms with van der Waals surface area (Å²) >= 11 is 7.60. The van der Waals surface area contributed by atoms with Gasteiger partial charge in [-0.2, -0.15) is 0 Å². The Hall–Kier alpha value is -2.58. The number of cyclic esters (lactones) is 1. The van der Waals surface area contributed by atoms with Crippen LogP contribution in [0.4, 0.5) is 5.69 Å². The third-order valence-electron chi connectivity index (χ3n) is 3.85. The first-order valence-corrected chi connectivity index (χ1v) is 9.17. The first kappa shape index (κ1) is 19.2. The normalized spacial score (nSPS) is 21.5. The number of carbonyl (C=O) groups excluding carboxylic acids is 2. The van der Waals surface area contributed by atoms with Crippen LogP contribution in [0, 0.1) is 10.1 Å². The van der Waals surface area contributed by atoms with E-state index in [-0.39, 0.29) is 18.7 Å². The van der Waals surface area contributed by atoms with Crippen LogP contribution in [-0.2, 0) is 25.7 Å². The van der Waals surface area contributed by atoms with Gasteiger partial charge < -0.3 is 9.47 Å². The van der Waals surface area contributed by atoms with Crippen LogP contribution in [0.2, 0.25) is 0 Å². The molecule has 1 aliphatic rings. The van der Waals surface area contributed by atoms with Crippen molar-refractivity contribution in [1.29, 1.82) is 0 Å². The highest BCUT2D eigenvalue weighted by molar-refractivity contribution is 8.00. The van der Waals surface area contributed by atoms with E-state index >= 15 is 0 Å². The number of nitro benzene ring substituents is 1. The number of carbonyl (C=O) groups is 2. The van der Waals surface area contributed by atoms with Crippen molar-refractivity contribution >= 4 is 41.0 Å². The molecule has 2 atom stereocenters. The molecular formula is C18H14ClNO6S. The molecule has 2 aromatic rings. The highest BCUT2D eigenvalue weighted by atomic mass is 35.5. The third-order valence-corrected chi connectivity index (χ3v) is 5.80. The molecule has 3 rings (SSSR count). The Kier molecular flexibility index (Phi) is 5.67. The summed E-state index contributed by atoms with van der Waals surface area (Å²) in [4.78, 5) is 35.2. The minimum Gasteiger partial charge on any atom is -0.457 e. The predicted molar refractivity (Wildman–Crippen MR) is 98.3 cm³/mol. The molecule has 2 unspecified atom stereocenters. The number of halogens is 1. The molecule has 1 saturated heterocycles. The number of nitro groups is 1. The summed E-state index contributed by atoms with van der Waals surface area (Å²) in [5, 5.41) is 8.10. The molecule has 140 valence electrons. The molecule has 1 heterocycles. The maximum absolute atomic E-state index is 12.5. The van der Waals surface area contributed by atoms with E-state index in [0.29, 0.717) is 5.56 Å². The van der Waals surface area contributed by atoms with Gasteiger partial charge in [-0.15, -0.1) is 11.8 Å². The Morgan fingerprint density at radius 1 is 1.26 bits per heavy atom. The lowest BCUT2D eigenvalue weighted by Gasteiger charge is -2.24. The Balaban J connectivity index is 1.67. The lowest BCUT2D eigenvalue weighted by molar-refractivity contribution is -0.384. The van der Waals surface area contributed by atoms with E-state index in [9.17, 15) is 19.7 Å². The van der Waals surface area contributed by atoms with Crippen molar-refractivity contribution in [3.63, 3.8) is 0 Å². The third kappa shape index (κ3) is 4.40. The van der Waals surface area contributed by atoms with Crippen molar-refractivity contribution in [2.24, 2.45) is 0 Å². The Labute approximate surface area is 163 Å².